The maximum Gasteiger partial charge on any atom is 0.256 e. The first-order valence-corrected chi connectivity index (χ1v) is 6.08. The molecule has 1 saturated carbocycles. The fraction of sp³-hybridized carbons (Fsp3) is 0.462. The minimum Gasteiger partial charge on any atom is -0.337 e. The molecule has 0 saturated heterocycles. The van der Waals surface area contributed by atoms with Gasteiger partial charge in [-0.2, -0.15) is 0 Å². The second kappa shape index (κ2) is 5.21. The van der Waals surface area contributed by atoms with Crippen molar-refractivity contribution in [1.82, 2.24) is 4.90 Å². The first-order chi connectivity index (χ1) is 8.97. The molecule has 6 heteroatoms. The number of halogens is 3. The predicted molar refractivity (Wildman–Crippen MR) is 64.0 cm³/mol. The van der Waals surface area contributed by atoms with E-state index in [2.05, 4.69) is 0 Å². The summed E-state index contributed by atoms with van der Waals surface area (Å²) in [7, 11) is 1.50. The molecular weight excluding hydrogens is 257 g/mol. The van der Waals surface area contributed by atoms with Crippen LogP contribution in [0.2, 0.25) is 0 Å². The maximum absolute atomic E-state index is 13.6. The van der Waals surface area contributed by atoms with E-state index in [0.29, 0.717) is 5.92 Å². The molecule has 1 atom stereocenters. The first kappa shape index (κ1) is 13.9. The number of hydrogen-bond donors (Lipinski definition) is 1. The van der Waals surface area contributed by atoms with Gasteiger partial charge in [-0.05, 0) is 30.9 Å². The minimum absolute atomic E-state index is 0.194. The lowest BCUT2D eigenvalue weighted by Crippen LogP contribution is -2.43. The van der Waals surface area contributed by atoms with Crippen molar-refractivity contribution in [2.45, 2.75) is 18.9 Å². The summed E-state index contributed by atoms with van der Waals surface area (Å²) >= 11 is 0. The third kappa shape index (κ3) is 2.58. The highest BCUT2D eigenvalue weighted by Gasteiger charge is 2.36. The van der Waals surface area contributed by atoms with Gasteiger partial charge in [0.05, 0.1) is 5.56 Å². The van der Waals surface area contributed by atoms with Crippen molar-refractivity contribution in [2.24, 2.45) is 11.7 Å². The standard InChI is InChI=1S/C13H15F3N2O/c1-18(10(6-17)7-2-3-7)13(19)8-4-5-9(14)12(16)11(8)15/h4-5,7,10H,2-3,6,17H2,1H3. The fourth-order valence-corrected chi connectivity index (χ4v) is 2.18. The average molecular weight is 272 g/mol. The van der Waals surface area contributed by atoms with Crippen molar-refractivity contribution in [3.05, 3.63) is 35.1 Å². The Hall–Kier alpha value is -1.56. The molecule has 0 radical (unpaired) electrons. The van der Waals surface area contributed by atoms with Crippen molar-refractivity contribution in [2.75, 3.05) is 13.6 Å². The first-order valence-electron chi connectivity index (χ1n) is 6.08. The summed E-state index contributed by atoms with van der Waals surface area (Å²) in [6, 6.07) is 1.50. The van der Waals surface area contributed by atoms with Crippen LogP contribution in [0.1, 0.15) is 23.2 Å². The number of amides is 1. The SMILES string of the molecule is CN(C(=O)c1ccc(F)c(F)c1F)C(CN)C1CC1. The van der Waals surface area contributed by atoms with Gasteiger partial charge in [0.15, 0.2) is 17.5 Å². The maximum atomic E-state index is 13.6. The van der Waals surface area contributed by atoms with Gasteiger partial charge in [0, 0.05) is 19.6 Å². The summed E-state index contributed by atoms with van der Waals surface area (Å²) in [4.78, 5) is 13.4. The van der Waals surface area contributed by atoms with Gasteiger partial charge < -0.3 is 10.6 Å². The normalized spacial score (nSPS) is 16.3. The minimum atomic E-state index is -1.63. The summed E-state index contributed by atoms with van der Waals surface area (Å²) in [5.41, 5.74) is 5.13. The molecule has 1 aliphatic rings. The topological polar surface area (TPSA) is 46.3 Å². The van der Waals surface area contributed by atoms with E-state index in [-0.39, 0.29) is 12.6 Å². The van der Waals surface area contributed by atoms with Gasteiger partial charge in [0.2, 0.25) is 0 Å². The summed E-state index contributed by atoms with van der Waals surface area (Å²) in [5, 5.41) is 0. The molecule has 1 aromatic rings. The van der Waals surface area contributed by atoms with Gasteiger partial charge in [-0.3, -0.25) is 4.79 Å². The molecule has 2 N–H and O–H groups in total. The van der Waals surface area contributed by atoms with Crippen molar-refractivity contribution >= 4 is 5.91 Å². The van der Waals surface area contributed by atoms with Gasteiger partial charge in [-0.15, -0.1) is 0 Å². The Bertz CT molecular complexity index is 503. The Morgan fingerprint density at radius 1 is 1.37 bits per heavy atom. The van der Waals surface area contributed by atoms with Crippen molar-refractivity contribution in [1.29, 1.82) is 0 Å². The van der Waals surface area contributed by atoms with Crippen molar-refractivity contribution in [3.8, 4) is 0 Å². The molecule has 1 aromatic carbocycles. The Labute approximate surface area is 109 Å². The van der Waals surface area contributed by atoms with E-state index in [9.17, 15) is 18.0 Å². The number of rotatable bonds is 4. The number of carbonyl (C=O) groups is 1. The van der Waals surface area contributed by atoms with E-state index in [1.165, 1.54) is 11.9 Å². The van der Waals surface area contributed by atoms with Crippen LogP contribution in [0.4, 0.5) is 13.2 Å². The molecule has 104 valence electrons. The van der Waals surface area contributed by atoms with Gasteiger partial charge in [0.25, 0.3) is 5.91 Å². The molecule has 0 heterocycles. The highest BCUT2D eigenvalue weighted by Crippen LogP contribution is 2.35. The lowest BCUT2D eigenvalue weighted by Gasteiger charge is -2.27. The van der Waals surface area contributed by atoms with E-state index in [4.69, 9.17) is 5.73 Å². The van der Waals surface area contributed by atoms with E-state index in [1.54, 1.807) is 0 Å². The molecule has 0 aliphatic heterocycles. The predicted octanol–water partition coefficient (Wildman–Crippen LogP) is 1.91. The molecule has 1 aliphatic carbocycles. The third-order valence-corrected chi connectivity index (χ3v) is 3.49. The molecule has 1 amide bonds. The van der Waals surface area contributed by atoms with Crippen LogP contribution in [0, 0.1) is 23.4 Å². The third-order valence-electron chi connectivity index (χ3n) is 3.49. The monoisotopic (exact) mass is 272 g/mol. The number of likely N-dealkylation sites (N-methyl/N-ethyl adjacent to an activating group) is 1. The zero-order valence-corrected chi connectivity index (χ0v) is 10.5. The second-order valence-corrected chi connectivity index (χ2v) is 4.78. The molecular formula is C13H15F3N2O. The smallest absolute Gasteiger partial charge is 0.256 e. The second-order valence-electron chi connectivity index (χ2n) is 4.78. The van der Waals surface area contributed by atoms with Crippen LogP contribution in [0.5, 0.6) is 0 Å². The van der Waals surface area contributed by atoms with Crippen LogP contribution in [0.15, 0.2) is 12.1 Å². The van der Waals surface area contributed by atoms with Crippen LogP contribution < -0.4 is 5.73 Å². The number of carbonyl (C=O) groups excluding carboxylic acids is 1. The molecule has 3 nitrogen and oxygen atoms in total. The van der Waals surface area contributed by atoms with Gasteiger partial charge >= 0.3 is 0 Å². The highest BCUT2D eigenvalue weighted by molar-refractivity contribution is 5.94. The Balaban J connectivity index is 2.26. The summed E-state index contributed by atoms with van der Waals surface area (Å²) in [5.74, 6) is -4.77. The highest BCUT2D eigenvalue weighted by atomic mass is 19.2. The Morgan fingerprint density at radius 3 is 2.53 bits per heavy atom. The number of benzene rings is 1. The number of nitrogens with two attached hydrogens (primary N) is 1. The van der Waals surface area contributed by atoms with Crippen molar-refractivity contribution in [3.63, 3.8) is 0 Å². The molecule has 0 spiro atoms. The quantitative estimate of drug-likeness (QED) is 0.851. The summed E-state index contributed by atoms with van der Waals surface area (Å²) in [6.45, 7) is 0.262. The Morgan fingerprint density at radius 2 is 2.00 bits per heavy atom. The molecule has 19 heavy (non-hydrogen) atoms. The van der Waals surface area contributed by atoms with Crippen LogP contribution >= 0.6 is 0 Å². The van der Waals surface area contributed by atoms with E-state index >= 15 is 0 Å². The van der Waals surface area contributed by atoms with Gasteiger partial charge in [0.1, 0.15) is 0 Å². The van der Waals surface area contributed by atoms with E-state index < -0.39 is 28.9 Å². The zero-order valence-electron chi connectivity index (χ0n) is 10.5. The zero-order chi connectivity index (χ0) is 14.2. The lowest BCUT2D eigenvalue weighted by atomic mass is 10.1. The van der Waals surface area contributed by atoms with Crippen LogP contribution in [0.25, 0.3) is 0 Å². The molecule has 1 fully saturated rings. The molecule has 0 bridgehead atoms. The number of nitrogens with zero attached hydrogens (tertiary/aromatic N) is 1. The average Bonchev–Trinajstić information content (AvgIpc) is 3.21. The number of hydrogen-bond acceptors (Lipinski definition) is 2. The molecule has 0 aromatic heterocycles. The molecule has 1 unspecified atom stereocenters. The summed E-state index contributed by atoms with van der Waals surface area (Å²) in [6.07, 6.45) is 1.94. The Kier molecular flexibility index (Phi) is 3.80. The van der Waals surface area contributed by atoms with Crippen LogP contribution in [-0.4, -0.2) is 30.4 Å². The van der Waals surface area contributed by atoms with E-state index in [1.807, 2.05) is 0 Å². The van der Waals surface area contributed by atoms with Crippen LogP contribution in [0.3, 0.4) is 0 Å². The lowest BCUT2D eigenvalue weighted by molar-refractivity contribution is 0.0712. The summed E-state index contributed by atoms with van der Waals surface area (Å²) < 4.78 is 39.5. The van der Waals surface area contributed by atoms with Gasteiger partial charge in [-0.1, -0.05) is 0 Å². The van der Waals surface area contributed by atoms with Gasteiger partial charge in [-0.25, -0.2) is 13.2 Å². The van der Waals surface area contributed by atoms with Crippen LogP contribution in [-0.2, 0) is 0 Å². The van der Waals surface area contributed by atoms with E-state index in [0.717, 1.165) is 25.0 Å². The fourth-order valence-electron chi connectivity index (χ4n) is 2.18. The molecule has 2 rings (SSSR count). The largest absolute Gasteiger partial charge is 0.337 e. The van der Waals surface area contributed by atoms with Crippen molar-refractivity contribution < 1.29 is 18.0 Å².